The number of aromatic nitrogens is 1. The minimum Gasteiger partial charge on any atom is -0.351 e. The van der Waals surface area contributed by atoms with Crippen LogP contribution in [0.2, 0.25) is 0 Å². The van der Waals surface area contributed by atoms with E-state index in [1.807, 2.05) is 54.5 Å². The molecule has 0 bridgehead atoms. The van der Waals surface area contributed by atoms with E-state index in [1.54, 1.807) is 6.20 Å². The van der Waals surface area contributed by atoms with Gasteiger partial charge in [0, 0.05) is 43.9 Å². The van der Waals surface area contributed by atoms with Gasteiger partial charge in [0.15, 0.2) is 0 Å². The first-order valence-electron chi connectivity index (χ1n) is 10.0. The maximum absolute atomic E-state index is 12.9. The highest BCUT2D eigenvalue weighted by molar-refractivity contribution is 5.95. The molecular weight excluding hydrogens is 350 g/mol. The first kappa shape index (κ1) is 18.7. The zero-order valence-corrected chi connectivity index (χ0v) is 16.5. The van der Waals surface area contributed by atoms with Crippen molar-refractivity contribution < 1.29 is 11.0 Å². The summed E-state index contributed by atoms with van der Waals surface area (Å²) in [7, 11) is 1.85. The average Bonchev–Trinajstić information content (AvgIpc) is 3.24. The number of carbonyl (C=O) groups excluding carboxylic acids is 2. The van der Waals surface area contributed by atoms with E-state index < -0.39 is 0 Å². The second-order valence-corrected chi connectivity index (χ2v) is 8.45. The number of benzene rings is 1. The number of hydrogen-bond donors (Lipinski definition) is 1. The fourth-order valence-corrected chi connectivity index (χ4v) is 3.97. The van der Waals surface area contributed by atoms with Crippen molar-refractivity contribution in [3.8, 4) is 11.1 Å². The summed E-state index contributed by atoms with van der Waals surface area (Å²) < 4.78 is 0. The fourth-order valence-electron chi connectivity index (χ4n) is 3.97. The summed E-state index contributed by atoms with van der Waals surface area (Å²) in [5.74, 6) is 0.188. The highest BCUT2D eigenvalue weighted by atomic mass is 16.2. The number of nitrogens with one attached hydrogen (secondary N) is 1. The molecule has 148 valence electrons. The van der Waals surface area contributed by atoms with Crippen LogP contribution in [0.15, 0.2) is 48.8 Å². The Morgan fingerprint density at radius 3 is 2.54 bits per heavy atom. The van der Waals surface area contributed by atoms with Gasteiger partial charge in [-0.3, -0.25) is 14.6 Å². The third-order valence-electron chi connectivity index (χ3n) is 6.20. The summed E-state index contributed by atoms with van der Waals surface area (Å²) >= 11 is 0. The normalized spacial score (nSPS) is 22.5. The molecule has 2 atom stereocenters. The summed E-state index contributed by atoms with van der Waals surface area (Å²) in [6, 6.07) is 11.7. The fraction of sp³-hybridized carbons (Fsp3) is 0.435. The first-order valence-corrected chi connectivity index (χ1v) is 10.0. The van der Waals surface area contributed by atoms with Crippen molar-refractivity contribution in [2.45, 2.75) is 50.6 Å². The molecule has 1 heterocycles. The molecule has 1 aromatic heterocycles. The molecule has 0 aliphatic heterocycles. The Morgan fingerprint density at radius 2 is 1.89 bits per heavy atom. The van der Waals surface area contributed by atoms with Crippen LogP contribution in [-0.2, 0) is 4.79 Å². The van der Waals surface area contributed by atoms with Gasteiger partial charge in [-0.05, 0) is 68.4 Å². The molecule has 0 unspecified atom stereocenters. The Kier molecular flexibility index (Phi) is 4.92. The molecule has 2 amide bonds. The molecular formula is C23H29N3O2. The van der Waals surface area contributed by atoms with Crippen molar-refractivity contribution >= 4 is 11.8 Å². The number of amides is 2. The molecule has 0 saturated heterocycles. The third-order valence-corrected chi connectivity index (χ3v) is 6.20. The Balaban J connectivity index is 0.00000240. The van der Waals surface area contributed by atoms with Crippen LogP contribution in [0.4, 0.5) is 0 Å². The number of rotatable bonds is 5. The Morgan fingerprint density at radius 1 is 1.14 bits per heavy atom. The summed E-state index contributed by atoms with van der Waals surface area (Å²) in [6.45, 7) is 2.10. The van der Waals surface area contributed by atoms with E-state index in [-0.39, 0.29) is 30.7 Å². The molecule has 2 aliphatic rings. The minimum absolute atomic E-state index is 0. The topological polar surface area (TPSA) is 62.3 Å². The van der Waals surface area contributed by atoms with Gasteiger partial charge in [-0.15, -0.1) is 0 Å². The van der Waals surface area contributed by atoms with E-state index in [0.717, 1.165) is 43.2 Å². The predicted octanol–water partition coefficient (Wildman–Crippen LogP) is 3.90. The lowest BCUT2D eigenvalue weighted by Gasteiger charge is -2.25. The van der Waals surface area contributed by atoms with E-state index in [1.165, 1.54) is 0 Å². The summed E-state index contributed by atoms with van der Waals surface area (Å²) in [5.41, 5.74) is 2.77. The zero-order chi connectivity index (χ0) is 19.7. The maximum atomic E-state index is 12.9. The second kappa shape index (κ2) is 7.38. The van der Waals surface area contributed by atoms with Crippen molar-refractivity contribution in [1.29, 1.82) is 0 Å². The molecule has 0 radical (unpaired) electrons. The summed E-state index contributed by atoms with van der Waals surface area (Å²) in [6.07, 6.45) is 8.18. The molecule has 4 rings (SSSR count). The van der Waals surface area contributed by atoms with Crippen molar-refractivity contribution in [1.82, 2.24) is 15.2 Å². The maximum Gasteiger partial charge on any atom is 0.253 e. The van der Waals surface area contributed by atoms with E-state index in [0.29, 0.717) is 5.56 Å². The van der Waals surface area contributed by atoms with E-state index in [4.69, 9.17) is 0 Å². The van der Waals surface area contributed by atoms with Gasteiger partial charge in [0.1, 0.15) is 0 Å². The van der Waals surface area contributed by atoms with E-state index >= 15 is 0 Å². The molecule has 2 aromatic rings. The average molecular weight is 380 g/mol. The molecule has 0 spiro atoms. The number of carbonyl (C=O) groups is 2. The first-order chi connectivity index (χ1) is 13.5. The smallest absolute Gasteiger partial charge is 0.253 e. The van der Waals surface area contributed by atoms with Crippen LogP contribution in [0, 0.1) is 5.92 Å². The largest absolute Gasteiger partial charge is 0.351 e. The number of hydrogen-bond acceptors (Lipinski definition) is 3. The van der Waals surface area contributed by atoms with Gasteiger partial charge in [-0.25, -0.2) is 0 Å². The molecule has 2 fully saturated rings. The van der Waals surface area contributed by atoms with Crippen LogP contribution in [0.5, 0.6) is 0 Å². The quantitative estimate of drug-likeness (QED) is 0.857. The molecule has 1 N–H and O–H groups in total. The Bertz CT molecular complexity index is 865. The van der Waals surface area contributed by atoms with Crippen molar-refractivity contribution in [3.05, 3.63) is 54.4 Å². The summed E-state index contributed by atoms with van der Waals surface area (Å²) in [5, 5.41) is 3.17. The standard InChI is InChI=1S/C23H27N3O2.H2/c1-23(11-12-23)25-21(27)18-9-10-20(14-18)26(2)22(28)17-7-5-16(6-8-17)19-4-3-13-24-15-19;/h3-8,13,15,18,20H,9-12,14H2,1-2H3,(H,25,27);1H/t18-,20+;/m0./s1. The van der Waals surface area contributed by atoms with Gasteiger partial charge in [0.2, 0.25) is 5.91 Å². The van der Waals surface area contributed by atoms with Crippen LogP contribution in [-0.4, -0.2) is 40.3 Å². The zero-order valence-electron chi connectivity index (χ0n) is 16.5. The SMILES string of the molecule is CN(C(=O)c1ccc(-c2cccnc2)cc1)[C@@H]1CC[C@H](C(=O)NC2(C)CC2)C1.[HH]. The van der Waals surface area contributed by atoms with Crippen molar-refractivity contribution in [3.63, 3.8) is 0 Å². The van der Waals surface area contributed by atoms with Crippen LogP contribution < -0.4 is 5.32 Å². The second-order valence-electron chi connectivity index (χ2n) is 8.45. The molecule has 5 nitrogen and oxygen atoms in total. The minimum atomic E-state index is 0. The lowest BCUT2D eigenvalue weighted by Crippen LogP contribution is -2.39. The molecule has 5 heteroatoms. The van der Waals surface area contributed by atoms with Crippen LogP contribution in [0.1, 0.15) is 50.8 Å². The molecule has 2 aliphatic carbocycles. The van der Waals surface area contributed by atoms with Gasteiger partial charge in [-0.1, -0.05) is 18.2 Å². The number of pyridine rings is 1. The monoisotopic (exact) mass is 379 g/mol. The predicted molar refractivity (Wildman–Crippen MR) is 111 cm³/mol. The highest BCUT2D eigenvalue weighted by Gasteiger charge is 2.42. The lowest BCUT2D eigenvalue weighted by atomic mass is 10.0. The molecule has 1 aromatic carbocycles. The Hall–Kier alpha value is -2.69. The molecule has 28 heavy (non-hydrogen) atoms. The van der Waals surface area contributed by atoms with Crippen LogP contribution >= 0.6 is 0 Å². The Labute approximate surface area is 167 Å². The van der Waals surface area contributed by atoms with Gasteiger partial charge in [0.25, 0.3) is 5.91 Å². The van der Waals surface area contributed by atoms with Crippen LogP contribution in [0.3, 0.4) is 0 Å². The summed E-state index contributed by atoms with van der Waals surface area (Å²) in [4.78, 5) is 31.3. The van der Waals surface area contributed by atoms with Crippen molar-refractivity contribution in [2.75, 3.05) is 7.05 Å². The van der Waals surface area contributed by atoms with Gasteiger partial charge < -0.3 is 10.2 Å². The third kappa shape index (κ3) is 3.93. The number of nitrogens with zero attached hydrogens (tertiary/aromatic N) is 2. The highest BCUT2D eigenvalue weighted by Crippen LogP contribution is 2.36. The van der Waals surface area contributed by atoms with Gasteiger partial charge >= 0.3 is 0 Å². The lowest BCUT2D eigenvalue weighted by molar-refractivity contribution is -0.125. The molecule has 2 saturated carbocycles. The van der Waals surface area contributed by atoms with Gasteiger partial charge in [0.05, 0.1) is 0 Å². The van der Waals surface area contributed by atoms with E-state index in [9.17, 15) is 9.59 Å². The van der Waals surface area contributed by atoms with Crippen molar-refractivity contribution in [2.24, 2.45) is 5.92 Å². The van der Waals surface area contributed by atoms with Gasteiger partial charge in [-0.2, -0.15) is 0 Å². The van der Waals surface area contributed by atoms with E-state index in [2.05, 4.69) is 17.2 Å². The van der Waals surface area contributed by atoms with Crippen LogP contribution in [0.25, 0.3) is 11.1 Å².